The van der Waals surface area contributed by atoms with Gasteiger partial charge in [-0.2, -0.15) is 0 Å². The number of hydrogen-bond acceptors (Lipinski definition) is 6. The van der Waals surface area contributed by atoms with Crippen LogP contribution >= 0.6 is 0 Å². The first kappa shape index (κ1) is 18.8. The highest BCUT2D eigenvalue weighted by Gasteiger charge is 2.17. The number of pyridine rings is 2. The number of sulfonamides is 1. The van der Waals surface area contributed by atoms with E-state index in [-0.39, 0.29) is 11.4 Å². The molecule has 0 saturated heterocycles. The van der Waals surface area contributed by atoms with Crippen molar-refractivity contribution in [3.05, 3.63) is 66.6 Å². The molecule has 140 valence electrons. The molecule has 8 heteroatoms. The molecular weight excluding hydrogens is 366 g/mol. The summed E-state index contributed by atoms with van der Waals surface area (Å²) < 4.78 is 37.9. The van der Waals surface area contributed by atoms with Crippen molar-refractivity contribution < 1.29 is 17.9 Å². The Balaban J connectivity index is 1.72. The van der Waals surface area contributed by atoms with Crippen molar-refractivity contribution in [3.8, 4) is 22.8 Å². The zero-order chi connectivity index (χ0) is 19.3. The molecule has 3 aromatic rings. The second kappa shape index (κ2) is 8.15. The van der Waals surface area contributed by atoms with Gasteiger partial charge in [-0.05, 0) is 35.9 Å². The van der Waals surface area contributed by atoms with Crippen molar-refractivity contribution in [2.75, 3.05) is 14.2 Å². The zero-order valence-electron chi connectivity index (χ0n) is 14.9. The van der Waals surface area contributed by atoms with Gasteiger partial charge >= 0.3 is 0 Å². The van der Waals surface area contributed by atoms with Crippen LogP contribution in [0.15, 0.2) is 66.0 Å². The molecule has 0 unspecified atom stereocenters. The maximum Gasteiger partial charge on any atom is 0.241 e. The lowest BCUT2D eigenvalue weighted by Crippen LogP contribution is -2.23. The average Bonchev–Trinajstić information content (AvgIpc) is 2.72. The number of benzene rings is 1. The van der Waals surface area contributed by atoms with E-state index in [0.29, 0.717) is 11.5 Å². The lowest BCUT2D eigenvalue weighted by atomic mass is 10.1. The van der Waals surface area contributed by atoms with Gasteiger partial charge in [0.2, 0.25) is 10.0 Å². The Labute approximate surface area is 158 Å². The van der Waals surface area contributed by atoms with Gasteiger partial charge in [0.05, 0.1) is 24.8 Å². The van der Waals surface area contributed by atoms with Crippen LogP contribution in [0.3, 0.4) is 0 Å². The topological polar surface area (TPSA) is 90.4 Å². The summed E-state index contributed by atoms with van der Waals surface area (Å²) in [4.78, 5) is 8.52. The Bertz CT molecular complexity index is 1010. The van der Waals surface area contributed by atoms with Gasteiger partial charge in [-0.3, -0.25) is 9.97 Å². The lowest BCUT2D eigenvalue weighted by Gasteiger charge is -2.11. The minimum atomic E-state index is -3.70. The van der Waals surface area contributed by atoms with E-state index in [1.165, 1.54) is 26.4 Å². The normalized spacial score (nSPS) is 11.2. The van der Waals surface area contributed by atoms with Gasteiger partial charge in [-0.15, -0.1) is 0 Å². The second-order valence-electron chi connectivity index (χ2n) is 5.63. The third kappa shape index (κ3) is 4.42. The molecule has 0 aliphatic carbocycles. The zero-order valence-corrected chi connectivity index (χ0v) is 15.7. The molecular formula is C19H19N3O4S. The van der Waals surface area contributed by atoms with E-state index in [1.54, 1.807) is 24.7 Å². The molecule has 1 aromatic carbocycles. The number of methoxy groups -OCH3 is 2. The highest BCUT2D eigenvalue weighted by Crippen LogP contribution is 2.29. The first-order valence-electron chi connectivity index (χ1n) is 8.10. The van der Waals surface area contributed by atoms with Gasteiger partial charge in [0, 0.05) is 36.8 Å². The molecule has 0 spiro atoms. The van der Waals surface area contributed by atoms with Crippen molar-refractivity contribution in [2.24, 2.45) is 0 Å². The average molecular weight is 385 g/mol. The lowest BCUT2D eigenvalue weighted by molar-refractivity contribution is 0.354. The summed E-state index contributed by atoms with van der Waals surface area (Å²) in [5, 5.41) is 0. The van der Waals surface area contributed by atoms with E-state index in [9.17, 15) is 8.42 Å². The maximum absolute atomic E-state index is 12.5. The maximum atomic E-state index is 12.5. The number of nitrogens with zero attached hydrogens (tertiary/aromatic N) is 2. The van der Waals surface area contributed by atoms with Gasteiger partial charge in [-0.1, -0.05) is 6.07 Å². The van der Waals surface area contributed by atoms with Crippen LogP contribution in [0.5, 0.6) is 11.5 Å². The van der Waals surface area contributed by atoms with Crippen molar-refractivity contribution >= 4 is 10.0 Å². The number of aromatic nitrogens is 2. The van der Waals surface area contributed by atoms with Crippen LogP contribution in [0, 0.1) is 0 Å². The molecule has 27 heavy (non-hydrogen) atoms. The Morgan fingerprint density at radius 1 is 1.00 bits per heavy atom. The molecule has 0 atom stereocenters. The van der Waals surface area contributed by atoms with E-state index in [0.717, 1.165) is 16.8 Å². The van der Waals surface area contributed by atoms with Gasteiger partial charge in [0.1, 0.15) is 0 Å². The number of ether oxygens (including phenoxy) is 2. The number of nitrogens with one attached hydrogen (secondary N) is 1. The number of rotatable bonds is 7. The van der Waals surface area contributed by atoms with Crippen LogP contribution < -0.4 is 14.2 Å². The summed E-state index contributed by atoms with van der Waals surface area (Å²) in [7, 11) is -0.754. The minimum absolute atomic E-state index is 0.0973. The molecule has 2 aromatic heterocycles. The van der Waals surface area contributed by atoms with Crippen molar-refractivity contribution in [1.29, 1.82) is 0 Å². The van der Waals surface area contributed by atoms with Gasteiger partial charge < -0.3 is 9.47 Å². The Kier molecular flexibility index (Phi) is 5.68. The van der Waals surface area contributed by atoms with Crippen LogP contribution in [0.4, 0.5) is 0 Å². The monoisotopic (exact) mass is 385 g/mol. The minimum Gasteiger partial charge on any atom is -0.493 e. The fraction of sp³-hybridized carbons (Fsp3) is 0.158. The molecule has 0 amide bonds. The van der Waals surface area contributed by atoms with Gasteiger partial charge in [0.15, 0.2) is 11.5 Å². The third-order valence-corrected chi connectivity index (χ3v) is 5.31. The number of hydrogen-bond donors (Lipinski definition) is 1. The fourth-order valence-electron chi connectivity index (χ4n) is 2.46. The molecule has 0 aliphatic rings. The van der Waals surface area contributed by atoms with Crippen molar-refractivity contribution in [3.63, 3.8) is 0 Å². The van der Waals surface area contributed by atoms with Crippen molar-refractivity contribution in [1.82, 2.24) is 14.7 Å². The molecule has 1 N–H and O–H groups in total. The summed E-state index contributed by atoms with van der Waals surface area (Å²) in [5.74, 6) is 0.814. The molecule has 0 aliphatic heterocycles. The summed E-state index contributed by atoms with van der Waals surface area (Å²) >= 11 is 0. The van der Waals surface area contributed by atoms with Gasteiger partial charge in [-0.25, -0.2) is 13.1 Å². The van der Waals surface area contributed by atoms with Crippen LogP contribution in [0.2, 0.25) is 0 Å². The summed E-state index contributed by atoms with van der Waals surface area (Å²) in [5.41, 5.74) is 2.41. The first-order valence-corrected chi connectivity index (χ1v) is 9.59. The molecule has 3 rings (SSSR count). The smallest absolute Gasteiger partial charge is 0.241 e. The predicted octanol–water partition coefficient (Wildman–Crippen LogP) is 2.64. The Morgan fingerprint density at radius 2 is 1.81 bits per heavy atom. The highest BCUT2D eigenvalue weighted by molar-refractivity contribution is 7.89. The fourth-order valence-corrected chi connectivity index (χ4v) is 3.49. The predicted molar refractivity (Wildman–Crippen MR) is 101 cm³/mol. The summed E-state index contributed by atoms with van der Waals surface area (Å²) in [6.07, 6.45) is 5.06. The standard InChI is InChI=1S/C19H19N3O4S/c1-25-18-8-6-16(10-19(18)26-2)27(23,24)22-12-14-5-7-17(21-11-14)15-4-3-9-20-13-15/h3-11,13,22H,12H2,1-2H3. The largest absolute Gasteiger partial charge is 0.493 e. The first-order chi connectivity index (χ1) is 13.0. The van der Waals surface area contributed by atoms with Gasteiger partial charge in [0.25, 0.3) is 0 Å². The van der Waals surface area contributed by atoms with E-state index in [2.05, 4.69) is 14.7 Å². The van der Waals surface area contributed by atoms with Crippen LogP contribution in [0.25, 0.3) is 11.3 Å². The SMILES string of the molecule is COc1ccc(S(=O)(=O)NCc2ccc(-c3cccnc3)nc2)cc1OC. The molecule has 0 bridgehead atoms. The van der Waals surface area contributed by atoms with E-state index in [4.69, 9.17) is 9.47 Å². The molecule has 7 nitrogen and oxygen atoms in total. The van der Waals surface area contributed by atoms with Crippen LogP contribution in [-0.2, 0) is 16.6 Å². The van der Waals surface area contributed by atoms with Crippen molar-refractivity contribution in [2.45, 2.75) is 11.4 Å². The second-order valence-corrected chi connectivity index (χ2v) is 7.40. The summed E-state index contributed by atoms with van der Waals surface area (Å²) in [6.45, 7) is 0.122. The molecule has 0 saturated carbocycles. The Morgan fingerprint density at radius 3 is 2.44 bits per heavy atom. The van der Waals surface area contributed by atoms with Crippen LogP contribution in [-0.4, -0.2) is 32.6 Å². The third-order valence-electron chi connectivity index (χ3n) is 3.91. The molecule has 2 heterocycles. The highest BCUT2D eigenvalue weighted by atomic mass is 32.2. The van der Waals surface area contributed by atoms with Crippen LogP contribution in [0.1, 0.15) is 5.56 Å². The quantitative estimate of drug-likeness (QED) is 0.672. The molecule has 0 radical (unpaired) electrons. The summed E-state index contributed by atoms with van der Waals surface area (Å²) in [6, 6.07) is 11.8. The van der Waals surface area contributed by atoms with E-state index in [1.807, 2.05) is 24.3 Å². The molecule has 0 fully saturated rings. The Hall–Kier alpha value is -2.97. The van der Waals surface area contributed by atoms with E-state index >= 15 is 0 Å². The van der Waals surface area contributed by atoms with E-state index < -0.39 is 10.0 Å².